The first kappa shape index (κ1) is 31.9. The number of aryl methyl sites for hydroxylation is 2. The van der Waals surface area contributed by atoms with Gasteiger partial charge in [0.05, 0.1) is 11.9 Å². The molecule has 2 aromatic rings. The third kappa shape index (κ3) is 9.17. The number of halogens is 2. The van der Waals surface area contributed by atoms with Gasteiger partial charge in [0.1, 0.15) is 6.04 Å². The molecule has 0 bridgehead atoms. The van der Waals surface area contributed by atoms with Crippen LogP contribution in [0.2, 0.25) is 10.0 Å². The summed E-state index contributed by atoms with van der Waals surface area (Å²) in [6, 6.07) is 9.79. The summed E-state index contributed by atoms with van der Waals surface area (Å²) in [4.78, 5) is 28.3. The molecule has 210 valence electrons. The third-order valence-corrected chi connectivity index (χ3v) is 7.95. The minimum Gasteiger partial charge on any atom is -0.350 e. The predicted octanol–water partition coefficient (Wildman–Crippen LogP) is 5.88. The molecule has 0 unspecified atom stereocenters. The van der Waals surface area contributed by atoms with Crippen molar-refractivity contribution in [2.75, 3.05) is 17.1 Å². The van der Waals surface area contributed by atoms with Gasteiger partial charge in [0.15, 0.2) is 0 Å². The van der Waals surface area contributed by atoms with Gasteiger partial charge in [-0.15, -0.1) is 0 Å². The number of nitrogens with one attached hydrogen (secondary N) is 1. The van der Waals surface area contributed by atoms with Gasteiger partial charge in [0.25, 0.3) is 0 Å². The summed E-state index contributed by atoms with van der Waals surface area (Å²) in [5.41, 5.74) is 2.80. The van der Waals surface area contributed by atoms with Crippen LogP contribution in [0.1, 0.15) is 63.6 Å². The van der Waals surface area contributed by atoms with Gasteiger partial charge < -0.3 is 10.2 Å². The lowest BCUT2D eigenvalue weighted by atomic mass is 10.0. The van der Waals surface area contributed by atoms with Crippen LogP contribution >= 0.6 is 23.2 Å². The zero-order chi connectivity index (χ0) is 28.8. The Morgan fingerprint density at radius 2 is 1.68 bits per heavy atom. The van der Waals surface area contributed by atoms with E-state index in [9.17, 15) is 18.0 Å². The number of carbonyl (C=O) groups is 2. The molecule has 0 saturated carbocycles. The maximum absolute atomic E-state index is 13.6. The molecule has 7 nitrogen and oxygen atoms in total. The first-order valence-electron chi connectivity index (χ1n) is 12.6. The minimum atomic E-state index is -3.56. The van der Waals surface area contributed by atoms with Gasteiger partial charge in [-0.25, -0.2) is 8.42 Å². The highest BCUT2D eigenvalue weighted by molar-refractivity contribution is 7.92. The summed E-state index contributed by atoms with van der Waals surface area (Å²) >= 11 is 12.5. The molecule has 0 aliphatic carbocycles. The molecule has 1 N–H and O–H groups in total. The lowest BCUT2D eigenvalue weighted by Gasteiger charge is -2.33. The van der Waals surface area contributed by atoms with Crippen molar-refractivity contribution in [3.05, 3.63) is 63.1 Å². The summed E-state index contributed by atoms with van der Waals surface area (Å²) in [5, 5.41) is 3.84. The highest BCUT2D eigenvalue weighted by atomic mass is 35.5. The normalized spacial score (nSPS) is 12.7. The second-order valence-electron chi connectivity index (χ2n) is 10.6. The zero-order valence-electron chi connectivity index (χ0n) is 23.3. The van der Waals surface area contributed by atoms with Crippen molar-refractivity contribution in [3.8, 4) is 0 Å². The van der Waals surface area contributed by atoms with Gasteiger partial charge in [-0.1, -0.05) is 42.3 Å². The molecule has 2 aromatic carbocycles. The summed E-state index contributed by atoms with van der Waals surface area (Å²) < 4.78 is 26.5. The zero-order valence-corrected chi connectivity index (χ0v) is 25.6. The number of hydrogen-bond acceptors (Lipinski definition) is 4. The maximum atomic E-state index is 13.6. The fourth-order valence-corrected chi connectivity index (χ4v) is 5.52. The Bertz CT molecular complexity index is 1260. The Morgan fingerprint density at radius 1 is 1.03 bits per heavy atom. The average molecular weight is 585 g/mol. The number of nitrogens with zero attached hydrogens (tertiary/aromatic N) is 2. The average Bonchev–Trinajstić information content (AvgIpc) is 2.78. The van der Waals surface area contributed by atoms with Gasteiger partial charge in [-0.3, -0.25) is 13.9 Å². The highest BCUT2D eigenvalue weighted by Crippen LogP contribution is 2.25. The van der Waals surface area contributed by atoms with Gasteiger partial charge in [-0.2, -0.15) is 0 Å². The molecule has 0 radical (unpaired) electrons. The fourth-order valence-electron chi connectivity index (χ4n) is 4.09. The molecule has 1 atom stereocenters. The summed E-state index contributed by atoms with van der Waals surface area (Å²) in [6.45, 7) is 11.6. The van der Waals surface area contributed by atoms with Crippen molar-refractivity contribution in [2.24, 2.45) is 0 Å². The third-order valence-electron chi connectivity index (χ3n) is 6.17. The Balaban J connectivity index is 2.29. The van der Waals surface area contributed by atoms with Crippen molar-refractivity contribution >= 4 is 50.7 Å². The van der Waals surface area contributed by atoms with E-state index in [2.05, 4.69) is 5.32 Å². The molecule has 10 heteroatoms. The van der Waals surface area contributed by atoms with E-state index in [0.717, 1.165) is 17.4 Å². The maximum Gasteiger partial charge on any atom is 0.243 e. The van der Waals surface area contributed by atoms with E-state index in [1.165, 1.54) is 9.21 Å². The number of amides is 2. The van der Waals surface area contributed by atoms with Crippen LogP contribution in [0, 0.1) is 13.8 Å². The van der Waals surface area contributed by atoms with E-state index < -0.39 is 21.6 Å². The van der Waals surface area contributed by atoms with Crippen LogP contribution in [0.4, 0.5) is 5.69 Å². The number of benzene rings is 2. The minimum absolute atomic E-state index is 0.0569. The monoisotopic (exact) mass is 583 g/mol. The number of rotatable bonds is 11. The van der Waals surface area contributed by atoms with E-state index in [-0.39, 0.29) is 37.7 Å². The molecule has 38 heavy (non-hydrogen) atoms. The van der Waals surface area contributed by atoms with Crippen LogP contribution in [-0.4, -0.2) is 49.5 Å². The van der Waals surface area contributed by atoms with Gasteiger partial charge in [0, 0.05) is 35.1 Å². The number of carbonyl (C=O) groups excluding carboxylic acids is 2. The van der Waals surface area contributed by atoms with Crippen LogP contribution in [-0.2, 0) is 26.2 Å². The molecule has 0 aliphatic rings. The van der Waals surface area contributed by atoms with Crippen molar-refractivity contribution in [1.82, 2.24) is 10.2 Å². The van der Waals surface area contributed by atoms with E-state index in [1.807, 2.05) is 53.7 Å². The number of anilines is 1. The topological polar surface area (TPSA) is 86.8 Å². The van der Waals surface area contributed by atoms with Gasteiger partial charge in [-0.05, 0) is 88.4 Å². The Morgan fingerprint density at radius 3 is 2.21 bits per heavy atom. The molecule has 0 aliphatic heterocycles. The van der Waals surface area contributed by atoms with E-state index in [4.69, 9.17) is 23.2 Å². The fraction of sp³-hybridized carbons (Fsp3) is 0.500. The standard InChI is InChI=1S/C28H39Cl2N3O4S/c1-8-25(27(35)31-28(4,5)6)32(18-21-12-13-22(29)17-24(21)30)26(34)10-9-15-33(38(7,36)37)23-14-11-19(2)20(3)16-23/h11-14,16-17,25H,8-10,15,18H2,1-7H3,(H,31,35)/t25-/m0/s1. The summed E-state index contributed by atoms with van der Waals surface area (Å²) in [7, 11) is -3.56. The second-order valence-corrected chi connectivity index (χ2v) is 13.4. The molecule has 0 spiro atoms. The quantitative estimate of drug-likeness (QED) is 0.358. The molecular weight excluding hydrogens is 545 g/mol. The Labute approximate surface area is 237 Å². The Hall–Kier alpha value is -2.29. The largest absolute Gasteiger partial charge is 0.350 e. The van der Waals surface area contributed by atoms with Crippen LogP contribution in [0.5, 0.6) is 0 Å². The molecule has 2 amide bonds. The van der Waals surface area contributed by atoms with Crippen molar-refractivity contribution in [1.29, 1.82) is 0 Å². The first-order valence-corrected chi connectivity index (χ1v) is 15.2. The van der Waals surface area contributed by atoms with Crippen molar-refractivity contribution in [3.63, 3.8) is 0 Å². The summed E-state index contributed by atoms with van der Waals surface area (Å²) in [6.07, 6.45) is 1.89. The van der Waals surface area contributed by atoms with Crippen molar-refractivity contribution < 1.29 is 18.0 Å². The SMILES string of the molecule is CC[C@@H](C(=O)NC(C)(C)C)N(Cc1ccc(Cl)cc1Cl)C(=O)CCCN(c1ccc(C)c(C)c1)S(C)(=O)=O. The van der Waals surface area contributed by atoms with Crippen LogP contribution in [0.3, 0.4) is 0 Å². The van der Waals surface area contributed by atoms with Crippen LogP contribution < -0.4 is 9.62 Å². The van der Waals surface area contributed by atoms with E-state index in [1.54, 1.807) is 24.3 Å². The Kier molecular flexibility index (Phi) is 11.1. The van der Waals surface area contributed by atoms with Crippen molar-refractivity contribution in [2.45, 2.75) is 78.9 Å². The van der Waals surface area contributed by atoms with Gasteiger partial charge in [0.2, 0.25) is 21.8 Å². The number of sulfonamides is 1. The molecule has 0 heterocycles. The lowest BCUT2D eigenvalue weighted by Crippen LogP contribution is -2.53. The second kappa shape index (κ2) is 13.2. The van der Waals surface area contributed by atoms with Crippen LogP contribution in [0.15, 0.2) is 36.4 Å². The van der Waals surface area contributed by atoms with E-state index >= 15 is 0 Å². The molecule has 0 saturated heterocycles. The molecule has 0 aromatic heterocycles. The number of hydrogen-bond donors (Lipinski definition) is 1. The van der Waals surface area contributed by atoms with E-state index in [0.29, 0.717) is 27.7 Å². The molecular formula is C28H39Cl2N3O4S. The van der Waals surface area contributed by atoms with Crippen LogP contribution in [0.25, 0.3) is 0 Å². The first-order chi connectivity index (χ1) is 17.5. The van der Waals surface area contributed by atoms with Gasteiger partial charge >= 0.3 is 0 Å². The smallest absolute Gasteiger partial charge is 0.243 e. The molecule has 0 fully saturated rings. The predicted molar refractivity (Wildman–Crippen MR) is 156 cm³/mol. The highest BCUT2D eigenvalue weighted by Gasteiger charge is 2.31. The lowest BCUT2D eigenvalue weighted by molar-refractivity contribution is -0.142. The summed E-state index contributed by atoms with van der Waals surface area (Å²) in [5.74, 6) is -0.521. The molecule has 2 rings (SSSR count).